The van der Waals surface area contributed by atoms with Crippen LogP contribution >= 0.6 is 22.2 Å². The SMILES string of the molecule is O=C(NC1CCS(O)(O)C1)c1ccc2cc(Oc3ccc(Cl)nn3)ccc2n1. The van der Waals surface area contributed by atoms with Crippen LogP contribution in [-0.4, -0.2) is 47.7 Å². The molecule has 10 heteroatoms. The van der Waals surface area contributed by atoms with E-state index in [2.05, 4.69) is 20.5 Å². The number of ether oxygens (including phenoxy) is 1. The zero-order valence-electron chi connectivity index (χ0n) is 14.6. The minimum atomic E-state index is -2.56. The first-order valence-electron chi connectivity index (χ1n) is 8.50. The van der Waals surface area contributed by atoms with Crippen molar-refractivity contribution in [2.75, 3.05) is 11.5 Å². The van der Waals surface area contributed by atoms with Crippen molar-refractivity contribution in [2.45, 2.75) is 12.5 Å². The molecule has 0 saturated carbocycles. The van der Waals surface area contributed by atoms with Crippen LogP contribution in [0.15, 0.2) is 42.5 Å². The molecule has 1 fully saturated rings. The molecular weight excluding hydrogens is 404 g/mol. The van der Waals surface area contributed by atoms with Crippen molar-refractivity contribution in [1.82, 2.24) is 20.5 Å². The normalized spacial score (nSPS) is 19.3. The molecule has 0 aliphatic carbocycles. The Morgan fingerprint density at radius 2 is 2.04 bits per heavy atom. The number of aromatic nitrogens is 3. The van der Waals surface area contributed by atoms with Crippen LogP contribution in [0.25, 0.3) is 10.9 Å². The lowest BCUT2D eigenvalue weighted by atomic mass is 10.2. The fraction of sp³-hybridized carbons (Fsp3) is 0.222. The molecule has 8 nitrogen and oxygen atoms in total. The van der Waals surface area contributed by atoms with Crippen molar-refractivity contribution in [3.63, 3.8) is 0 Å². The summed E-state index contributed by atoms with van der Waals surface area (Å²) in [5.74, 6) is 1.06. The Hall–Kier alpha value is -2.46. The maximum Gasteiger partial charge on any atom is 0.270 e. The zero-order valence-corrected chi connectivity index (χ0v) is 16.2. The van der Waals surface area contributed by atoms with Gasteiger partial charge in [0.2, 0.25) is 5.88 Å². The second kappa shape index (κ2) is 7.51. The number of fused-ring (bicyclic) bond motifs is 1. The smallest absolute Gasteiger partial charge is 0.270 e. The van der Waals surface area contributed by atoms with E-state index in [-0.39, 0.29) is 28.5 Å². The van der Waals surface area contributed by atoms with Gasteiger partial charge in [-0.15, -0.1) is 10.2 Å². The van der Waals surface area contributed by atoms with Crippen LogP contribution in [0, 0.1) is 0 Å². The number of nitrogens with zero attached hydrogens (tertiary/aromatic N) is 3. The fourth-order valence-electron chi connectivity index (χ4n) is 2.97. The van der Waals surface area contributed by atoms with E-state index in [0.717, 1.165) is 5.39 Å². The lowest BCUT2D eigenvalue weighted by Gasteiger charge is -2.25. The molecule has 0 spiro atoms. The van der Waals surface area contributed by atoms with Crippen molar-refractivity contribution in [1.29, 1.82) is 0 Å². The fourth-order valence-corrected chi connectivity index (χ4v) is 4.79. The van der Waals surface area contributed by atoms with Crippen molar-refractivity contribution in [3.05, 3.63) is 53.3 Å². The Morgan fingerprint density at radius 1 is 1.18 bits per heavy atom. The highest BCUT2D eigenvalue weighted by Crippen LogP contribution is 2.45. The lowest BCUT2D eigenvalue weighted by Crippen LogP contribution is -2.35. The first-order chi connectivity index (χ1) is 13.4. The number of halogens is 1. The number of carbonyl (C=O) groups is 1. The van der Waals surface area contributed by atoms with E-state index in [9.17, 15) is 13.9 Å². The summed E-state index contributed by atoms with van der Waals surface area (Å²) in [6.45, 7) is 0. The molecule has 0 radical (unpaired) electrons. The van der Waals surface area contributed by atoms with Gasteiger partial charge in [-0.1, -0.05) is 17.7 Å². The highest BCUT2D eigenvalue weighted by molar-refractivity contribution is 8.24. The maximum absolute atomic E-state index is 12.4. The van der Waals surface area contributed by atoms with E-state index >= 15 is 0 Å². The van der Waals surface area contributed by atoms with Crippen molar-refractivity contribution >= 4 is 39.0 Å². The molecule has 28 heavy (non-hydrogen) atoms. The van der Waals surface area contributed by atoms with E-state index in [1.165, 1.54) is 0 Å². The quantitative estimate of drug-likeness (QED) is 0.588. The zero-order chi connectivity index (χ0) is 19.7. The predicted molar refractivity (Wildman–Crippen MR) is 107 cm³/mol. The number of pyridine rings is 1. The molecule has 0 bridgehead atoms. The minimum absolute atomic E-state index is 0.195. The van der Waals surface area contributed by atoms with Gasteiger partial charge in [-0.3, -0.25) is 13.9 Å². The number of carbonyl (C=O) groups excluding carboxylic acids is 1. The lowest BCUT2D eigenvalue weighted by molar-refractivity contribution is 0.0936. The van der Waals surface area contributed by atoms with Gasteiger partial charge in [0.1, 0.15) is 11.4 Å². The summed E-state index contributed by atoms with van der Waals surface area (Å²) in [6, 6.07) is 11.6. The molecule has 1 saturated heterocycles. The van der Waals surface area contributed by atoms with Crippen molar-refractivity contribution in [3.8, 4) is 11.6 Å². The number of nitrogens with one attached hydrogen (secondary N) is 1. The van der Waals surface area contributed by atoms with E-state index in [0.29, 0.717) is 29.3 Å². The number of hydrogen-bond acceptors (Lipinski definition) is 7. The van der Waals surface area contributed by atoms with E-state index < -0.39 is 10.6 Å². The third-order valence-corrected chi connectivity index (χ3v) is 6.35. The summed E-state index contributed by atoms with van der Waals surface area (Å²) in [4.78, 5) is 16.8. The second-order valence-corrected chi connectivity index (χ2v) is 9.21. The van der Waals surface area contributed by atoms with Crippen molar-refractivity contribution < 1.29 is 18.6 Å². The van der Waals surface area contributed by atoms with Crippen LogP contribution in [-0.2, 0) is 0 Å². The molecule has 3 heterocycles. The predicted octanol–water partition coefficient (Wildman–Crippen LogP) is 3.72. The standard InChI is InChI=1S/C18H17ClN4O4S/c19-16-5-6-17(23-22-16)27-13-2-4-14-11(9-13)1-3-15(21-14)18(24)20-12-7-8-28(25,26)10-12/h1-6,9,12,25-26H,7-8,10H2,(H,20,24). The van der Waals surface area contributed by atoms with Gasteiger partial charge in [0.15, 0.2) is 5.15 Å². The Balaban J connectivity index is 1.48. The van der Waals surface area contributed by atoms with Gasteiger partial charge in [0.25, 0.3) is 5.91 Å². The Bertz CT molecular complexity index is 1030. The minimum Gasteiger partial charge on any atom is -0.437 e. The largest absolute Gasteiger partial charge is 0.437 e. The van der Waals surface area contributed by atoms with Crippen LogP contribution in [0.3, 0.4) is 0 Å². The van der Waals surface area contributed by atoms with E-state index in [4.69, 9.17) is 16.3 Å². The molecule has 1 unspecified atom stereocenters. The van der Waals surface area contributed by atoms with Crippen LogP contribution in [0.5, 0.6) is 11.6 Å². The van der Waals surface area contributed by atoms with Crippen LogP contribution < -0.4 is 10.1 Å². The molecule has 1 aliphatic rings. The monoisotopic (exact) mass is 420 g/mol. The second-order valence-electron chi connectivity index (χ2n) is 6.48. The summed E-state index contributed by atoms with van der Waals surface area (Å²) in [5.41, 5.74) is 0.908. The Kier molecular flexibility index (Phi) is 5.07. The van der Waals surface area contributed by atoms with Gasteiger partial charge in [0.05, 0.1) is 11.3 Å². The molecule has 146 valence electrons. The molecule has 1 amide bonds. The molecule has 1 atom stereocenters. The number of hydrogen-bond donors (Lipinski definition) is 3. The number of amides is 1. The summed E-state index contributed by atoms with van der Waals surface area (Å²) in [7, 11) is -2.56. The van der Waals surface area contributed by atoms with Crippen LogP contribution in [0.4, 0.5) is 0 Å². The van der Waals surface area contributed by atoms with Crippen molar-refractivity contribution in [2.24, 2.45) is 0 Å². The molecule has 2 aromatic heterocycles. The highest BCUT2D eigenvalue weighted by atomic mass is 35.5. The average Bonchev–Trinajstić information content (AvgIpc) is 3.01. The first kappa shape index (κ1) is 18.9. The van der Waals surface area contributed by atoms with Gasteiger partial charge in [-0.25, -0.2) is 4.98 Å². The molecular formula is C18H17ClN4O4S. The highest BCUT2D eigenvalue weighted by Gasteiger charge is 2.29. The topological polar surface area (TPSA) is 117 Å². The average molecular weight is 421 g/mol. The third-order valence-electron chi connectivity index (χ3n) is 4.32. The summed E-state index contributed by atoms with van der Waals surface area (Å²) in [5, 5.41) is 11.5. The number of rotatable bonds is 4. The van der Waals surface area contributed by atoms with E-state index in [1.807, 2.05) is 0 Å². The molecule has 1 aromatic carbocycles. The Morgan fingerprint density at radius 3 is 2.75 bits per heavy atom. The molecule has 3 aromatic rings. The van der Waals surface area contributed by atoms with Crippen LogP contribution in [0.1, 0.15) is 16.9 Å². The third kappa shape index (κ3) is 4.33. The molecule has 3 N–H and O–H groups in total. The molecule has 4 rings (SSSR count). The van der Waals surface area contributed by atoms with Gasteiger partial charge in [-0.2, -0.15) is 10.6 Å². The summed E-state index contributed by atoms with van der Waals surface area (Å²) in [6.07, 6.45) is 0.552. The Labute approximate surface area is 167 Å². The maximum atomic E-state index is 12.4. The number of benzene rings is 1. The van der Waals surface area contributed by atoms with Gasteiger partial charge in [0, 0.05) is 23.2 Å². The summed E-state index contributed by atoms with van der Waals surface area (Å²) < 4.78 is 25.0. The van der Waals surface area contributed by atoms with Gasteiger partial charge >= 0.3 is 0 Å². The van der Waals surface area contributed by atoms with Gasteiger partial charge in [-0.05, 0) is 36.8 Å². The van der Waals surface area contributed by atoms with Crippen LogP contribution in [0.2, 0.25) is 5.15 Å². The summed E-state index contributed by atoms with van der Waals surface area (Å²) >= 11 is 5.71. The first-order valence-corrected chi connectivity index (χ1v) is 10.8. The molecule has 1 aliphatic heterocycles. The van der Waals surface area contributed by atoms with Gasteiger partial charge < -0.3 is 10.1 Å². The van der Waals surface area contributed by atoms with E-state index in [1.54, 1.807) is 42.5 Å².